The summed E-state index contributed by atoms with van der Waals surface area (Å²) in [6.45, 7) is 6.11. The van der Waals surface area contributed by atoms with Crippen LogP contribution < -0.4 is 5.32 Å². The molecule has 16 heavy (non-hydrogen) atoms. The Labute approximate surface area is 103 Å². The van der Waals surface area contributed by atoms with E-state index in [1.54, 1.807) is 11.8 Å². The van der Waals surface area contributed by atoms with Crippen molar-refractivity contribution in [2.75, 3.05) is 12.3 Å². The van der Waals surface area contributed by atoms with E-state index in [0.29, 0.717) is 0 Å². The Morgan fingerprint density at radius 3 is 2.62 bits per heavy atom. The minimum Gasteiger partial charge on any atom is -0.313 e. The van der Waals surface area contributed by atoms with Crippen molar-refractivity contribution >= 4 is 11.8 Å². The number of thioether (sulfide) groups is 1. The molecule has 2 heteroatoms. The van der Waals surface area contributed by atoms with Crippen molar-refractivity contribution in [3.8, 4) is 11.8 Å². The van der Waals surface area contributed by atoms with E-state index < -0.39 is 0 Å². The van der Waals surface area contributed by atoms with Crippen LogP contribution >= 0.6 is 11.8 Å². The SMILES string of the molecule is CC#CCSc1ccc(CNCCC)cc1. The number of rotatable bonds is 6. The fourth-order valence-corrected chi connectivity index (χ4v) is 2.02. The van der Waals surface area contributed by atoms with Crippen LogP contribution in [0.2, 0.25) is 0 Å². The van der Waals surface area contributed by atoms with Gasteiger partial charge in [0.1, 0.15) is 0 Å². The van der Waals surface area contributed by atoms with Crippen LogP contribution in [-0.4, -0.2) is 12.3 Å². The number of hydrogen-bond donors (Lipinski definition) is 1. The van der Waals surface area contributed by atoms with Crippen LogP contribution in [-0.2, 0) is 6.54 Å². The van der Waals surface area contributed by atoms with Gasteiger partial charge in [-0.15, -0.1) is 17.7 Å². The van der Waals surface area contributed by atoms with Crippen LogP contribution in [0.4, 0.5) is 0 Å². The van der Waals surface area contributed by atoms with Crippen molar-refractivity contribution in [1.29, 1.82) is 0 Å². The zero-order valence-electron chi connectivity index (χ0n) is 10.0. The Kier molecular flexibility index (Phi) is 6.80. The van der Waals surface area contributed by atoms with E-state index in [-0.39, 0.29) is 0 Å². The predicted molar refractivity (Wildman–Crippen MR) is 72.6 cm³/mol. The third-order valence-electron chi connectivity index (χ3n) is 2.17. The molecule has 1 aromatic carbocycles. The third kappa shape index (κ3) is 5.25. The summed E-state index contributed by atoms with van der Waals surface area (Å²) in [7, 11) is 0. The summed E-state index contributed by atoms with van der Waals surface area (Å²) in [6.07, 6.45) is 1.18. The smallest absolute Gasteiger partial charge is 0.0594 e. The molecule has 0 saturated heterocycles. The number of nitrogens with one attached hydrogen (secondary N) is 1. The van der Waals surface area contributed by atoms with Crippen molar-refractivity contribution in [3.63, 3.8) is 0 Å². The summed E-state index contributed by atoms with van der Waals surface area (Å²) < 4.78 is 0. The minimum atomic E-state index is 0.879. The lowest BCUT2D eigenvalue weighted by atomic mass is 10.2. The van der Waals surface area contributed by atoms with Gasteiger partial charge in [-0.05, 0) is 37.6 Å². The zero-order valence-corrected chi connectivity index (χ0v) is 10.9. The average molecular weight is 233 g/mol. The van der Waals surface area contributed by atoms with Gasteiger partial charge in [0.15, 0.2) is 0 Å². The van der Waals surface area contributed by atoms with Crippen molar-refractivity contribution in [2.24, 2.45) is 0 Å². The molecule has 0 aliphatic rings. The molecule has 0 aromatic heterocycles. The topological polar surface area (TPSA) is 12.0 Å². The molecule has 0 heterocycles. The lowest BCUT2D eigenvalue weighted by Gasteiger charge is -2.04. The number of benzene rings is 1. The van der Waals surface area contributed by atoms with Gasteiger partial charge in [-0.25, -0.2) is 0 Å². The first-order chi connectivity index (χ1) is 7.86. The summed E-state index contributed by atoms with van der Waals surface area (Å²) >= 11 is 1.79. The summed E-state index contributed by atoms with van der Waals surface area (Å²) in [6, 6.07) is 8.71. The molecule has 0 aliphatic carbocycles. The van der Waals surface area contributed by atoms with E-state index in [0.717, 1.165) is 18.8 Å². The monoisotopic (exact) mass is 233 g/mol. The van der Waals surface area contributed by atoms with Crippen molar-refractivity contribution in [1.82, 2.24) is 5.32 Å². The van der Waals surface area contributed by atoms with Crippen LogP contribution in [0.25, 0.3) is 0 Å². The van der Waals surface area contributed by atoms with E-state index in [1.807, 2.05) is 6.92 Å². The second-order valence-electron chi connectivity index (χ2n) is 3.54. The van der Waals surface area contributed by atoms with Crippen LogP contribution in [0.1, 0.15) is 25.8 Å². The Hall–Kier alpha value is -0.910. The Morgan fingerprint density at radius 2 is 2.00 bits per heavy atom. The Morgan fingerprint density at radius 1 is 1.25 bits per heavy atom. The van der Waals surface area contributed by atoms with Crippen LogP contribution in [0, 0.1) is 11.8 Å². The van der Waals surface area contributed by atoms with Crippen molar-refractivity contribution < 1.29 is 0 Å². The van der Waals surface area contributed by atoms with Gasteiger partial charge in [-0.3, -0.25) is 0 Å². The van der Waals surface area contributed by atoms with E-state index in [4.69, 9.17) is 0 Å². The number of hydrogen-bond acceptors (Lipinski definition) is 2. The van der Waals surface area contributed by atoms with Gasteiger partial charge >= 0.3 is 0 Å². The molecule has 0 radical (unpaired) electrons. The molecule has 1 rings (SSSR count). The maximum Gasteiger partial charge on any atom is 0.0594 e. The third-order valence-corrected chi connectivity index (χ3v) is 3.06. The molecule has 0 saturated carbocycles. The highest BCUT2D eigenvalue weighted by Gasteiger charge is 1.94. The maximum atomic E-state index is 3.39. The second-order valence-corrected chi connectivity index (χ2v) is 4.58. The van der Waals surface area contributed by atoms with Gasteiger partial charge < -0.3 is 5.32 Å². The molecule has 0 spiro atoms. The summed E-state index contributed by atoms with van der Waals surface area (Å²) in [5, 5.41) is 3.39. The van der Waals surface area contributed by atoms with Crippen LogP contribution in [0.15, 0.2) is 29.2 Å². The molecule has 86 valence electrons. The highest BCUT2D eigenvalue weighted by Crippen LogP contribution is 2.17. The first-order valence-corrected chi connectivity index (χ1v) is 6.67. The normalized spacial score (nSPS) is 9.62. The molecular weight excluding hydrogens is 214 g/mol. The Balaban J connectivity index is 2.37. The minimum absolute atomic E-state index is 0.879. The molecule has 0 bridgehead atoms. The second kappa shape index (κ2) is 8.27. The van der Waals surface area contributed by atoms with Crippen molar-refractivity contribution in [3.05, 3.63) is 29.8 Å². The molecule has 1 N–H and O–H groups in total. The van der Waals surface area contributed by atoms with Gasteiger partial charge in [0.25, 0.3) is 0 Å². The molecule has 0 unspecified atom stereocenters. The maximum absolute atomic E-state index is 3.39. The molecule has 0 fully saturated rings. The van der Waals surface area contributed by atoms with E-state index in [1.165, 1.54) is 16.9 Å². The molecule has 1 nitrogen and oxygen atoms in total. The fourth-order valence-electron chi connectivity index (χ4n) is 1.30. The molecule has 1 aromatic rings. The lowest BCUT2D eigenvalue weighted by Crippen LogP contribution is -2.13. The Bertz CT molecular complexity index is 345. The zero-order chi connectivity index (χ0) is 11.6. The first-order valence-electron chi connectivity index (χ1n) is 5.69. The van der Waals surface area contributed by atoms with Gasteiger partial charge in [-0.2, -0.15) is 0 Å². The summed E-state index contributed by atoms with van der Waals surface area (Å²) in [5.41, 5.74) is 1.35. The average Bonchev–Trinajstić information content (AvgIpc) is 2.32. The highest BCUT2D eigenvalue weighted by atomic mass is 32.2. The molecule has 0 aliphatic heterocycles. The van der Waals surface area contributed by atoms with E-state index >= 15 is 0 Å². The van der Waals surface area contributed by atoms with Crippen LogP contribution in [0.5, 0.6) is 0 Å². The highest BCUT2D eigenvalue weighted by molar-refractivity contribution is 7.99. The first kappa shape index (κ1) is 13.2. The van der Waals surface area contributed by atoms with Crippen molar-refractivity contribution in [2.45, 2.75) is 31.7 Å². The van der Waals surface area contributed by atoms with E-state index in [2.05, 4.69) is 48.3 Å². The summed E-state index contributed by atoms with van der Waals surface area (Å²) in [5.74, 6) is 6.84. The van der Waals surface area contributed by atoms with Gasteiger partial charge in [-0.1, -0.05) is 25.0 Å². The van der Waals surface area contributed by atoms with E-state index in [9.17, 15) is 0 Å². The standard InChI is InChI=1S/C14H19NS/c1-3-5-11-16-14-8-6-13(7-9-14)12-15-10-4-2/h6-9,15H,4,10-12H2,1-2H3. The lowest BCUT2D eigenvalue weighted by molar-refractivity contribution is 0.675. The van der Waals surface area contributed by atoms with Crippen LogP contribution in [0.3, 0.4) is 0 Å². The van der Waals surface area contributed by atoms with Gasteiger partial charge in [0.05, 0.1) is 5.75 Å². The fraction of sp³-hybridized carbons (Fsp3) is 0.429. The largest absolute Gasteiger partial charge is 0.313 e. The summed E-state index contributed by atoms with van der Waals surface area (Å²) in [4.78, 5) is 1.29. The molecule has 0 atom stereocenters. The van der Waals surface area contributed by atoms with Gasteiger partial charge in [0.2, 0.25) is 0 Å². The molecular formula is C14H19NS. The molecule has 0 amide bonds. The quantitative estimate of drug-likeness (QED) is 0.459. The van der Waals surface area contributed by atoms with Gasteiger partial charge in [0, 0.05) is 11.4 Å². The predicted octanol–water partition coefficient (Wildman–Crippen LogP) is 3.30.